The van der Waals surface area contributed by atoms with Gasteiger partial charge < -0.3 is 9.97 Å². The van der Waals surface area contributed by atoms with Crippen LogP contribution in [-0.4, -0.2) is 38.2 Å². The van der Waals surface area contributed by atoms with Gasteiger partial charge in [0, 0.05) is 68.1 Å². The molecule has 0 saturated heterocycles. The van der Waals surface area contributed by atoms with Crippen molar-refractivity contribution >= 4 is 67.6 Å². The molecule has 3 aromatic heterocycles. The summed E-state index contributed by atoms with van der Waals surface area (Å²) in [5.41, 5.74) is 11.7. The summed E-state index contributed by atoms with van der Waals surface area (Å²) >= 11 is 0. The minimum atomic E-state index is -4.01. The summed E-state index contributed by atoms with van der Waals surface area (Å²) in [6, 6.07) is 44.9. The zero-order chi connectivity index (χ0) is 44.8. The molecule has 0 fully saturated rings. The summed E-state index contributed by atoms with van der Waals surface area (Å²) in [5, 5.41) is 24.2. The molecule has 0 spiro atoms. The van der Waals surface area contributed by atoms with Gasteiger partial charge in [-0.25, -0.2) is 18.4 Å². The summed E-state index contributed by atoms with van der Waals surface area (Å²) in [6.45, 7) is 1.85. The molecule has 8 aromatic rings. The van der Waals surface area contributed by atoms with Gasteiger partial charge in [-0.15, -0.1) is 0 Å². The predicted octanol–water partition coefficient (Wildman–Crippen LogP) is 12.4. The lowest BCUT2D eigenvalue weighted by Crippen LogP contribution is -2.07. The Balaban J connectivity index is 1.31. The number of aromatic nitrogens is 4. The van der Waals surface area contributed by atoms with Crippen molar-refractivity contribution in [2.75, 3.05) is 0 Å². The van der Waals surface area contributed by atoms with Gasteiger partial charge >= 0.3 is 0 Å². The molecule has 13 heteroatoms. The zero-order valence-electron chi connectivity index (χ0n) is 34.6. The lowest BCUT2D eigenvalue weighted by Gasteiger charge is -2.10. The van der Waals surface area contributed by atoms with Crippen LogP contribution in [0.15, 0.2) is 157 Å². The van der Waals surface area contributed by atoms with Crippen LogP contribution in [0, 0.1) is 27.2 Å². The molecule has 0 unspecified atom stereocenters. The number of benzene rings is 5. The van der Waals surface area contributed by atoms with Crippen molar-refractivity contribution in [2.45, 2.75) is 17.6 Å². The minimum absolute atomic E-state index is 0.0128. The molecule has 8 bridgehead atoms. The fourth-order valence-electron chi connectivity index (χ4n) is 8.45. The van der Waals surface area contributed by atoms with Crippen molar-refractivity contribution in [3.05, 3.63) is 206 Å². The van der Waals surface area contributed by atoms with E-state index in [4.69, 9.17) is 9.97 Å². The Morgan fingerprint density at radius 2 is 0.908 bits per heavy atom. The summed E-state index contributed by atoms with van der Waals surface area (Å²) in [7, 11) is -4.01. The molecule has 0 saturated carbocycles. The Hall–Kier alpha value is -8.55. The highest BCUT2D eigenvalue weighted by Crippen LogP contribution is 2.40. The predicted molar refractivity (Wildman–Crippen MR) is 256 cm³/mol. The van der Waals surface area contributed by atoms with E-state index < -0.39 is 25.4 Å². The van der Waals surface area contributed by atoms with Gasteiger partial charge in [-0.2, -0.15) is 0 Å². The Kier molecular flexibility index (Phi) is 10.2. The maximum absolute atomic E-state index is 13.8. The Morgan fingerprint density at radius 3 is 1.34 bits per heavy atom. The number of aromatic amines is 2. The first-order valence-electron chi connectivity index (χ1n) is 20.6. The summed E-state index contributed by atoms with van der Waals surface area (Å²) in [5.74, 6) is -0.616. The summed E-state index contributed by atoms with van der Waals surface area (Å²) in [4.78, 5) is 41.1. The monoisotopic (exact) mass is 872 g/mol. The molecular formula is C52H36N6O6S. The van der Waals surface area contributed by atoms with E-state index in [1.807, 2.05) is 116 Å². The first kappa shape index (κ1) is 40.5. The molecule has 0 amide bonds. The van der Waals surface area contributed by atoms with Crippen LogP contribution in [0.1, 0.15) is 33.9 Å². The number of nitrogens with zero attached hydrogens (tertiary/aromatic N) is 4. The van der Waals surface area contributed by atoms with Crippen LogP contribution in [0.2, 0.25) is 0 Å². The van der Waals surface area contributed by atoms with Crippen LogP contribution < -0.4 is 0 Å². The Bertz CT molecular complexity index is 3580. The standard InChI is InChI=1S/C52H36N6O6S/c1-32-12-19-39(20-13-32)65(63,64)31-37-30-36(16-29-48(37)58(61)62)52-46-27-25-43(55-46)50(34-10-6-3-7-11-34)41-22-21-40(53-41)49(33-8-4-2-5-9-33)42-23-24-44(54-42)51(45-26-28-47(52)56-45)35-14-17-38(18-15-35)57(59)60/h2-30,53,56H,31H2,1H3. The number of fused-ring (bicyclic) bond motifs is 8. The summed E-state index contributed by atoms with van der Waals surface area (Å²) < 4.78 is 27.7. The second-order valence-corrected chi connectivity index (χ2v) is 17.7. The average Bonchev–Trinajstić information content (AvgIpc) is 4.16. The van der Waals surface area contributed by atoms with Crippen LogP contribution in [0.25, 0.3) is 90.9 Å². The Morgan fingerprint density at radius 1 is 0.492 bits per heavy atom. The van der Waals surface area contributed by atoms with E-state index in [-0.39, 0.29) is 21.8 Å². The second kappa shape index (κ2) is 16.3. The summed E-state index contributed by atoms with van der Waals surface area (Å²) in [6.07, 6.45) is 7.69. The molecule has 0 atom stereocenters. The van der Waals surface area contributed by atoms with Crippen LogP contribution in [0.3, 0.4) is 0 Å². The molecule has 2 aliphatic rings. The average molecular weight is 873 g/mol. The van der Waals surface area contributed by atoms with Gasteiger partial charge in [0.05, 0.1) is 43.3 Å². The van der Waals surface area contributed by atoms with E-state index in [0.717, 1.165) is 38.9 Å². The normalized spacial score (nSPS) is 12.1. The van der Waals surface area contributed by atoms with Crippen LogP contribution >= 0.6 is 0 Å². The van der Waals surface area contributed by atoms with Gasteiger partial charge in [0.15, 0.2) is 9.84 Å². The molecule has 5 aromatic carbocycles. The fraction of sp³-hybridized carbons (Fsp3) is 0.0385. The van der Waals surface area contributed by atoms with E-state index in [2.05, 4.69) is 9.97 Å². The molecule has 2 aliphatic heterocycles. The number of sulfone groups is 1. The first-order chi connectivity index (χ1) is 31.5. The molecule has 65 heavy (non-hydrogen) atoms. The van der Waals surface area contributed by atoms with Gasteiger partial charge in [0.1, 0.15) is 0 Å². The van der Waals surface area contributed by atoms with Crippen molar-refractivity contribution in [3.8, 4) is 44.5 Å². The van der Waals surface area contributed by atoms with Crippen molar-refractivity contribution in [3.63, 3.8) is 0 Å². The molecule has 12 nitrogen and oxygen atoms in total. The van der Waals surface area contributed by atoms with Crippen LogP contribution in [0.5, 0.6) is 0 Å². The van der Waals surface area contributed by atoms with E-state index in [0.29, 0.717) is 56.1 Å². The lowest BCUT2D eigenvalue weighted by atomic mass is 10.0. The Labute approximate surface area is 372 Å². The van der Waals surface area contributed by atoms with Crippen molar-refractivity contribution in [2.24, 2.45) is 0 Å². The molecule has 2 N–H and O–H groups in total. The molecule has 0 aliphatic carbocycles. The highest BCUT2D eigenvalue weighted by atomic mass is 32.2. The molecular weight excluding hydrogens is 837 g/mol. The van der Waals surface area contributed by atoms with Crippen molar-refractivity contribution < 1.29 is 18.3 Å². The minimum Gasteiger partial charge on any atom is -0.354 e. The number of H-pyrrole nitrogens is 2. The SMILES string of the molecule is Cc1ccc(S(=O)(=O)Cc2cc(-c3c4nc(c(-c5ccccc5)c5ccc([nH]5)c(-c5ccccc5)c5nc(c(-c6ccc([N+](=O)[O-])cc6)c6ccc3[nH]6)C=C5)C=C4)ccc2[N+](=O)[O-])cc1. The smallest absolute Gasteiger partial charge is 0.273 e. The fourth-order valence-corrected chi connectivity index (χ4v) is 9.81. The first-order valence-corrected chi connectivity index (χ1v) is 22.2. The van der Waals surface area contributed by atoms with E-state index >= 15 is 0 Å². The van der Waals surface area contributed by atoms with Gasteiger partial charge in [-0.05, 0) is 114 Å². The van der Waals surface area contributed by atoms with Crippen LogP contribution in [0.4, 0.5) is 11.4 Å². The van der Waals surface area contributed by atoms with Gasteiger partial charge in [-0.1, -0.05) is 78.4 Å². The van der Waals surface area contributed by atoms with Gasteiger partial charge in [-0.3, -0.25) is 20.2 Å². The molecule has 5 heterocycles. The lowest BCUT2D eigenvalue weighted by molar-refractivity contribution is -0.385. The van der Waals surface area contributed by atoms with E-state index in [1.54, 1.807) is 36.4 Å². The number of nitro groups is 2. The maximum Gasteiger partial charge on any atom is 0.273 e. The third-order valence-corrected chi connectivity index (χ3v) is 13.2. The quantitative estimate of drug-likeness (QED) is 0.106. The number of rotatable bonds is 9. The topological polar surface area (TPSA) is 178 Å². The van der Waals surface area contributed by atoms with Crippen LogP contribution in [-0.2, 0) is 15.6 Å². The zero-order valence-corrected chi connectivity index (χ0v) is 35.4. The number of hydrogen-bond donors (Lipinski definition) is 2. The highest BCUT2D eigenvalue weighted by Gasteiger charge is 2.25. The number of aryl methyl sites for hydroxylation is 1. The highest BCUT2D eigenvalue weighted by molar-refractivity contribution is 7.90. The maximum atomic E-state index is 13.8. The molecule has 0 radical (unpaired) electrons. The molecule has 10 rings (SSSR count). The largest absolute Gasteiger partial charge is 0.354 e. The van der Waals surface area contributed by atoms with E-state index in [1.165, 1.54) is 30.3 Å². The van der Waals surface area contributed by atoms with Gasteiger partial charge in [0.2, 0.25) is 0 Å². The third-order valence-electron chi connectivity index (χ3n) is 11.5. The van der Waals surface area contributed by atoms with Gasteiger partial charge in [0.25, 0.3) is 11.4 Å². The van der Waals surface area contributed by atoms with E-state index in [9.17, 15) is 28.6 Å². The molecule has 316 valence electrons. The number of hydrogen-bond acceptors (Lipinski definition) is 8. The number of non-ortho nitro benzene ring substituents is 1. The second-order valence-electron chi connectivity index (χ2n) is 15.7. The van der Waals surface area contributed by atoms with Crippen molar-refractivity contribution in [1.29, 1.82) is 0 Å². The third kappa shape index (κ3) is 7.70. The number of nitrogens with one attached hydrogen (secondary N) is 2. The number of nitro benzene ring substituents is 2. The van der Waals surface area contributed by atoms with Crippen molar-refractivity contribution in [1.82, 2.24) is 19.9 Å².